The monoisotopic (exact) mass is 299 g/mol. The Morgan fingerprint density at radius 1 is 1.10 bits per heavy atom. The van der Waals surface area contributed by atoms with Crippen molar-refractivity contribution < 1.29 is 5.11 Å². The average molecular weight is 300 g/mol. The Labute approximate surface area is 129 Å². The molecule has 1 aromatic heterocycles. The van der Waals surface area contributed by atoms with Crippen molar-refractivity contribution in [3.63, 3.8) is 0 Å². The molecule has 0 saturated carbocycles. The van der Waals surface area contributed by atoms with Crippen LogP contribution in [0.3, 0.4) is 0 Å². The third-order valence-electron chi connectivity index (χ3n) is 3.88. The van der Waals surface area contributed by atoms with Gasteiger partial charge in [-0.05, 0) is 30.5 Å². The molecule has 0 aliphatic rings. The second-order valence-electron chi connectivity index (χ2n) is 5.34. The Kier molecular flexibility index (Phi) is 4.00. The molecule has 2 nitrogen and oxygen atoms in total. The molecular weight excluding hydrogens is 282 g/mol. The van der Waals surface area contributed by atoms with Crippen molar-refractivity contribution in [1.29, 1.82) is 0 Å². The SMILES string of the molecule is Cc1ccc2c(CO)c(Cl)n(CCc3ccccc3)c2c1. The number of hydrogen-bond acceptors (Lipinski definition) is 1. The highest BCUT2D eigenvalue weighted by molar-refractivity contribution is 6.32. The summed E-state index contributed by atoms with van der Waals surface area (Å²) in [7, 11) is 0. The van der Waals surface area contributed by atoms with E-state index in [4.69, 9.17) is 11.6 Å². The van der Waals surface area contributed by atoms with Crippen LogP contribution < -0.4 is 0 Å². The number of rotatable bonds is 4. The average Bonchev–Trinajstić information content (AvgIpc) is 2.77. The third-order valence-corrected chi connectivity index (χ3v) is 4.31. The van der Waals surface area contributed by atoms with Crippen molar-refractivity contribution in [2.24, 2.45) is 0 Å². The smallest absolute Gasteiger partial charge is 0.115 e. The maximum atomic E-state index is 9.59. The van der Waals surface area contributed by atoms with E-state index in [1.165, 1.54) is 11.1 Å². The molecular formula is C18H18ClNO. The predicted octanol–water partition coefficient (Wildman–Crippen LogP) is 4.34. The summed E-state index contributed by atoms with van der Waals surface area (Å²) in [6.07, 6.45) is 0.920. The zero-order valence-corrected chi connectivity index (χ0v) is 12.8. The summed E-state index contributed by atoms with van der Waals surface area (Å²) in [4.78, 5) is 0. The molecule has 0 aliphatic heterocycles. The lowest BCUT2D eigenvalue weighted by Crippen LogP contribution is -2.01. The molecule has 0 aliphatic carbocycles. The van der Waals surface area contributed by atoms with Crippen LogP contribution in [0.15, 0.2) is 48.5 Å². The Morgan fingerprint density at radius 2 is 1.86 bits per heavy atom. The first-order chi connectivity index (χ1) is 10.2. The van der Waals surface area contributed by atoms with E-state index < -0.39 is 0 Å². The molecule has 1 N–H and O–H groups in total. The summed E-state index contributed by atoms with van der Waals surface area (Å²) in [5.74, 6) is 0. The molecule has 0 fully saturated rings. The largest absolute Gasteiger partial charge is 0.392 e. The first-order valence-corrected chi connectivity index (χ1v) is 7.50. The molecule has 0 unspecified atom stereocenters. The molecule has 3 aromatic rings. The topological polar surface area (TPSA) is 25.2 Å². The number of aliphatic hydroxyl groups is 1. The van der Waals surface area contributed by atoms with Crippen molar-refractivity contribution in [3.8, 4) is 0 Å². The van der Waals surface area contributed by atoms with Crippen LogP contribution in [0.5, 0.6) is 0 Å². The minimum absolute atomic E-state index is 0.0310. The fraction of sp³-hybridized carbons (Fsp3) is 0.222. The van der Waals surface area contributed by atoms with Crippen LogP contribution in [0, 0.1) is 6.92 Å². The maximum absolute atomic E-state index is 9.59. The molecule has 3 rings (SSSR count). The second-order valence-corrected chi connectivity index (χ2v) is 5.69. The van der Waals surface area contributed by atoms with Crippen molar-refractivity contribution in [2.45, 2.75) is 26.5 Å². The van der Waals surface area contributed by atoms with Gasteiger partial charge in [0.1, 0.15) is 5.15 Å². The van der Waals surface area contributed by atoms with Crippen molar-refractivity contribution >= 4 is 22.5 Å². The van der Waals surface area contributed by atoms with E-state index in [9.17, 15) is 5.11 Å². The fourth-order valence-corrected chi connectivity index (χ4v) is 3.09. The van der Waals surface area contributed by atoms with E-state index in [1.807, 2.05) is 24.3 Å². The van der Waals surface area contributed by atoms with Gasteiger partial charge in [-0.25, -0.2) is 0 Å². The zero-order valence-electron chi connectivity index (χ0n) is 12.0. The van der Waals surface area contributed by atoms with E-state index in [1.54, 1.807) is 0 Å². The van der Waals surface area contributed by atoms with Gasteiger partial charge in [0.05, 0.1) is 6.61 Å². The van der Waals surface area contributed by atoms with Gasteiger partial charge in [-0.1, -0.05) is 54.1 Å². The molecule has 0 bridgehead atoms. The highest BCUT2D eigenvalue weighted by Crippen LogP contribution is 2.31. The van der Waals surface area contributed by atoms with Crippen LogP contribution in [-0.2, 0) is 19.6 Å². The summed E-state index contributed by atoms with van der Waals surface area (Å²) in [5, 5.41) is 11.3. The van der Waals surface area contributed by atoms with Crippen LogP contribution in [0.25, 0.3) is 10.9 Å². The molecule has 2 aromatic carbocycles. The molecule has 3 heteroatoms. The van der Waals surface area contributed by atoms with E-state index in [0.717, 1.165) is 29.4 Å². The minimum Gasteiger partial charge on any atom is -0.392 e. The normalized spacial score (nSPS) is 11.2. The van der Waals surface area contributed by atoms with Crippen LogP contribution in [0.1, 0.15) is 16.7 Å². The van der Waals surface area contributed by atoms with Crippen LogP contribution >= 0.6 is 11.6 Å². The zero-order chi connectivity index (χ0) is 14.8. The van der Waals surface area contributed by atoms with Crippen LogP contribution in [-0.4, -0.2) is 9.67 Å². The predicted molar refractivity (Wildman–Crippen MR) is 87.8 cm³/mol. The van der Waals surface area contributed by atoms with Gasteiger partial charge in [0, 0.05) is 23.0 Å². The molecule has 0 radical (unpaired) electrons. The Morgan fingerprint density at radius 3 is 2.57 bits per heavy atom. The Bertz CT molecular complexity index is 762. The molecule has 0 saturated heterocycles. The van der Waals surface area contributed by atoms with Gasteiger partial charge in [-0.3, -0.25) is 0 Å². The second kappa shape index (κ2) is 5.92. The highest BCUT2D eigenvalue weighted by atomic mass is 35.5. The van der Waals surface area contributed by atoms with Crippen molar-refractivity contribution in [2.75, 3.05) is 0 Å². The fourth-order valence-electron chi connectivity index (χ4n) is 2.75. The Balaban J connectivity index is 2.01. The van der Waals surface area contributed by atoms with Gasteiger partial charge in [0.15, 0.2) is 0 Å². The van der Waals surface area contributed by atoms with E-state index >= 15 is 0 Å². The summed E-state index contributed by atoms with van der Waals surface area (Å²) >= 11 is 6.47. The lowest BCUT2D eigenvalue weighted by Gasteiger charge is -2.08. The minimum atomic E-state index is -0.0310. The van der Waals surface area contributed by atoms with Gasteiger partial charge >= 0.3 is 0 Å². The van der Waals surface area contributed by atoms with Crippen LogP contribution in [0.2, 0.25) is 5.15 Å². The van der Waals surface area contributed by atoms with E-state index in [2.05, 4.69) is 35.8 Å². The summed E-state index contributed by atoms with van der Waals surface area (Å²) in [5.41, 5.74) is 4.40. The first-order valence-electron chi connectivity index (χ1n) is 7.12. The third kappa shape index (κ3) is 2.69. The van der Waals surface area contributed by atoms with Gasteiger partial charge in [-0.2, -0.15) is 0 Å². The van der Waals surface area contributed by atoms with Gasteiger partial charge in [-0.15, -0.1) is 0 Å². The molecule has 21 heavy (non-hydrogen) atoms. The number of aromatic nitrogens is 1. The quantitative estimate of drug-likeness (QED) is 0.762. The van der Waals surface area contributed by atoms with Crippen molar-refractivity contribution in [1.82, 2.24) is 4.57 Å². The number of halogens is 1. The number of hydrogen-bond donors (Lipinski definition) is 1. The molecule has 0 atom stereocenters. The highest BCUT2D eigenvalue weighted by Gasteiger charge is 2.14. The molecule has 0 spiro atoms. The number of nitrogens with zero attached hydrogens (tertiary/aromatic N) is 1. The standard InChI is InChI=1S/C18H18ClNO/c1-13-7-8-15-16(12-21)18(19)20(17(15)11-13)10-9-14-5-3-2-4-6-14/h2-8,11,21H,9-10,12H2,1H3. The Hall–Kier alpha value is -1.77. The van der Waals surface area contributed by atoms with Crippen LogP contribution in [0.4, 0.5) is 0 Å². The number of aryl methyl sites for hydroxylation is 3. The van der Waals surface area contributed by atoms with E-state index in [-0.39, 0.29) is 6.61 Å². The summed E-state index contributed by atoms with van der Waals surface area (Å²) in [6.45, 7) is 2.85. The first kappa shape index (κ1) is 14.2. The lowest BCUT2D eigenvalue weighted by atomic mass is 10.1. The summed E-state index contributed by atoms with van der Waals surface area (Å²) < 4.78 is 2.10. The summed E-state index contributed by atoms with van der Waals surface area (Å²) in [6, 6.07) is 16.6. The number of benzene rings is 2. The van der Waals surface area contributed by atoms with Gasteiger partial charge in [0.25, 0.3) is 0 Å². The number of fused-ring (bicyclic) bond motifs is 1. The van der Waals surface area contributed by atoms with Gasteiger partial charge < -0.3 is 9.67 Å². The lowest BCUT2D eigenvalue weighted by molar-refractivity contribution is 0.283. The maximum Gasteiger partial charge on any atom is 0.115 e. The van der Waals surface area contributed by atoms with Gasteiger partial charge in [0.2, 0.25) is 0 Å². The van der Waals surface area contributed by atoms with E-state index in [0.29, 0.717) is 5.15 Å². The van der Waals surface area contributed by atoms with Crippen molar-refractivity contribution in [3.05, 3.63) is 70.4 Å². The molecule has 1 heterocycles. The number of aliphatic hydroxyl groups excluding tert-OH is 1. The molecule has 108 valence electrons. The molecule has 0 amide bonds.